The number of ether oxygens (including phenoxy) is 2. The summed E-state index contributed by atoms with van der Waals surface area (Å²) in [6.45, 7) is 4.89. The zero-order chi connectivity index (χ0) is 16.4. The highest BCUT2D eigenvalue weighted by Gasteiger charge is 2.53. The Balaban J connectivity index is 0.00000182. The fourth-order valence-electron chi connectivity index (χ4n) is 5.00. The van der Waals surface area contributed by atoms with E-state index in [1.54, 1.807) is 0 Å². The Bertz CT molecular complexity index is 530. The number of benzene rings is 1. The molecule has 4 nitrogen and oxygen atoms in total. The van der Waals surface area contributed by atoms with Crippen molar-refractivity contribution in [1.29, 1.82) is 0 Å². The van der Waals surface area contributed by atoms with Gasteiger partial charge >= 0.3 is 0 Å². The van der Waals surface area contributed by atoms with Gasteiger partial charge in [-0.2, -0.15) is 0 Å². The summed E-state index contributed by atoms with van der Waals surface area (Å²) in [4.78, 5) is 5.18. The maximum atomic E-state index is 6.25. The average Bonchev–Trinajstić information content (AvgIpc) is 3.28. The van der Waals surface area contributed by atoms with Crippen LogP contribution in [0.3, 0.4) is 0 Å². The number of nitrogens with zero attached hydrogens (tertiary/aromatic N) is 2. The Morgan fingerprint density at radius 1 is 1.08 bits per heavy atom. The van der Waals surface area contributed by atoms with Gasteiger partial charge in [-0.05, 0) is 51.4 Å². The molecule has 3 fully saturated rings. The molecule has 0 bridgehead atoms. The summed E-state index contributed by atoms with van der Waals surface area (Å²) in [5.41, 5.74) is 1.36. The van der Waals surface area contributed by atoms with E-state index < -0.39 is 5.79 Å². The summed E-state index contributed by atoms with van der Waals surface area (Å²) >= 11 is 0. The second kappa shape index (κ2) is 8.36. The van der Waals surface area contributed by atoms with Crippen LogP contribution < -0.4 is 0 Å². The van der Waals surface area contributed by atoms with Crippen molar-refractivity contribution >= 4 is 12.4 Å². The molecular formula is C20H31ClN2O2. The average molecular weight is 367 g/mol. The van der Waals surface area contributed by atoms with Crippen LogP contribution >= 0.6 is 12.4 Å². The third-order valence-corrected chi connectivity index (χ3v) is 5.98. The molecule has 1 aliphatic carbocycles. The van der Waals surface area contributed by atoms with Crippen LogP contribution in [0.1, 0.15) is 37.7 Å². The molecule has 1 saturated carbocycles. The van der Waals surface area contributed by atoms with Gasteiger partial charge in [-0.3, -0.25) is 9.80 Å². The number of likely N-dealkylation sites (N-methyl/N-ethyl adjacent to an activating group) is 1. The van der Waals surface area contributed by atoms with Gasteiger partial charge < -0.3 is 9.47 Å². The molecule has 2 saturated heterocycles. The molecule has 0 amide bonds. The van der Waals surface area contributed by atoms with E-state index in [9.17, 15) is 0 Å². The Labute approximate surface area is 157 Å². The fourth-order valence-corrected chi connectivity index (χ4v) is 5.00. The zero-order valence-corrected chi connectivity index (χ0v) is 16.0. The van der Waals surface area contributed by atoms with Crippen LogP contribution in [-0.4, -0.2) is 61.0 Å². The molecule has 0 radical (unpaired) electrons. The molecule has 1 spiro atoms. The van der Waals surface area contributed by atoms with E-state index in [1.807, 2.05) is 0 Å². The monoisotopic (exact) mass is 366 g/mol. The van der Waals surface area contributed by atoms with E-state index in [4.69, 9.17) is 9.47 Å². The molecule has 1 aromatic carbocycles. The topological polar surface area (TPSA) is 24.9 Å². The lowest BCUT2D eigenvalue weighted by atomic mass is 9.82. The van der Waals surface area contributed by atoms with E-state index >= 15 is 0 Å². The number of hydrogen-bond acceptors (Lipinski definition) is 4. The highest BCUT2D eigenvalue weighted by atomic mass is 35.5. The Morgan fingerprint density at radius 2 is 1.76 bits per heavy atom. The van der Waals surface area contributed by atoms with Crippen molar-refractivity contribution in [2.75, 3.05) is 33.4 Å². The van der Waals surface area contributed by atoms with Crippen molar-refractivity contribution in [3.8, 4) is 0 Å². The SMILES string of the molecule is CN(Cc1ccccc1)C1C(N2CCCC2)CCCC12OCCO2.Cl. The van der Waals surface area contributed by atoms with Gasteiger partial charge in [0.2, 0.25) is 0 Å². The summed E-state index contributed by atoms with van der Waals surface area (Å²) < 4.78 is 12.5. The van der Waals surface area contributed by atoms with Crippen LogP contribution in [-0.2, 0) is 16.0 Å². The molecule has 4 rings (SSSR count). The summed E-state index contributed by atoms with van der Waals surface area (Å²) in [7, 11) is 2.25. The van der Waals surface area contributed by atoms with Gasteiger partial charge in [0.1, 0.15) is 0 Å². The van der Waals surface area contributed by atoms with Crippen LogP contribution in [0.4, 0.5) is 0 Å². The van der Waals surface area contributed by atoms with Gasteiger partial charge in [0.05, 0.1) is 19.3 Å². The van der Waals surface area contributed by atoms with Crippen LogP contribution in [0.15, 0.2) is 30.3 Å². The number of likely N-dealkylation sites (tertiary alicyclic amines) is 1. The molecule has 2 aliphatic heterocycles. The van der Waals surface area contributed by atoms with Gasteiger partial charge in [-0.1, -0.05) is 30.3 Å². The second-order valence-corrected chi connectivity index (χ2v) is 7.56. The quantitative estimate of drug-likeness (QED) is 0.816. The highest BCUT2D eigenvalue weighted by Crippen LogP contribution is 2.41. The Kier molecular flexibility index (Phi) is 6.39. The van der Waals surface area contributed by atoms with Crippen LogP contribution in [0, 0.1) is 0 Å². The number of halogens is 1. The van der Waals surface area contributed by atoms with Crippen molar-refractivity contribution in [3.63, 3.8) is 0 Å². The molecule has 1 aromatic rings. The smallest absolute Gasteiger partial charge is 0.185 e. The highest BCUT2D eigenvalue weighted by molar-refractivity contribution is 5.85. The predicted octanol–water partition coefficient (Wildman–Crippen LogP) is 3.30. The first kappa shape index (κ1) is 19.1. The van der Waals surface area contributed by atoms with E-state index in [2.05, 4.69) is 47.2 Å². The minimum absolute atomic E-state index is 0. The standard InChI is InChI=1S/C20H30N2O2.ClH/c1-21(16-17-8-3-2-4-9-17)19-18(22-12-5-6-13-22)10-7-11-20(19)23-14-15-24-20;/h2-4,8-9,18-19H,5-7,10-16H2,1H3;1H. The molecular weight excluding hydrogens is 336 g/mol. The van der Waals surface area contributed by atoms with Gasteiger partial charge in [0, 0.05) is 19.0 Å². The van der Waals surface area contributed by atoms with E-state index in [-0.39, 0.29) is 12.4 Å². The van der Waals surface area contributed by atoms with E-state index in [1.165, 1.54) is 44.3 Å². The van der Waals surface area contributed by atoms with Gasteiger partial charge in [0.25, 0.3) is 0 Å². The largest absolute Gasteiger partial charge is 0.346 e. The molecule has 25 heavy (non-hydrogen) atoms. The molecule has 0 N–H and O–H groups in total. The fraction of sp³-hybridized carbons (Fsp3) is 0.700. The first-order valence-electron chi connectivity index (χ1n) is 9.55. The van der Waals surface area contributed by atoms with Crippen molar-refractivity contribution in [2.45, 2.75) is 56.5 Å². The minimum atomic E-state index is -0.394. The third-order valence-electron chi connectivity index (χ3n) is 5.98. The molecule has 140 valence electrons. The summed E-state index contributed by atoms with van der Waals surface area (Å²) in [6, 6.07) is 11.6. The van der Waals surface area contributed by atoms with Crippen molar-refractivity contribution in [3.05, 3.63) is 35.9 Å². The summed E-state index contributed by atoms with van der Waals surface area (Å²) in [5, 5.41) is 0. The number of hydrogen-bond donors (Lipinski definition) is 0. The predicted molar refractivity (Wildman–Crippen MR) is 102 cm³/mol. The number of rotatable bonds is 4. The molecule has 0 aromatic heterocycles. The molecule has 3 aliphatic rings. The normalized spacial score (nSPS) is 29.2. The van der Waals surface area contributed by atoms with Gasteiger partial charge in [0.15, 0.2) is 5.79 Å². The van der Waals surface area contributed by atoms with Crippen molar-refractivity contribution < 1.29 is 9.47 Å². The van der Waals surface area contributed by atoms with Crippen LogP contribution in [0.2, 0.25) is 0 Å². The molecule has 2 atom stereocenters. The Hall–Kier alpha value is -0.650. The molecule has 2 unspecified atom stereocenters. The molecule has 5 heteroatoms. The maximum Gasteiger partial charge on any atom is 0.185 e. The van der Waals surface area contributed by atoms with Gasteiger partial charge in [-0.15, -0.1) is 12.4 Å². The molecule has 2 heterocycles. The lowest BCUT2D eigenvalue weighted by molar-refractivity contribution is -0.231. The van der Waals surface area contributed by atoms with E-state index in [0.29, 0.717) is 12.1 Å². The maximum absolute atomic E-state index is 6.25. The van der Waals surface area contributed by atoms with E-state index in [0.717, 1.165) is 26.2 Å². The minimum Gasteiger partial charge on any atom is -0.346 e. The lowest BCUT2D eigenvalue weighted by Crippen LogP contribution is -2.64. The van der Waals surface area contributed by atoms with Gasteiger partial charge in [-0.25, -0.2) is 0 Å². The second-order valence-electron chi connectivity index (χ2n) is 7.56. The summed E-state index contributed by atoms with van der Waals surface area (Å²) in [6.07, 6.45) is 6.16. The zero-order valence-electron chi connectivity index (χ0n) is 15.2. The van der Waals surface area contributed by atoms with Crippen molar-refractivity contribution in [1.82, 2.24) is 9.80 Å². The first-order chi connectivity index (χ1) is 11.8. The van der Waals surface area contributed by atoms with Crippen LogP contribution in [0.5, 0.6) is 0 Å². The Morgan fingerprint density at radius 3 is 2.44 bits per heavy atom. The first-order valence-corrected chi connectivity index (χ1v) is 9.55. The van der Waals surface area contributed by atoms with Crippen molar-refractivity contribution in [2.24, 2.45) is 0 Å². The van der Waals surface area contributed by atoms with Crippen LogP contribution in [0.25, 0.3) is 0 Å². The lowest BCUT2D eigenvalue weighted by Gasteiger charge is -2.50. The summed E-state index contributed by atoms with van der Waals surface area (Å²) in [5.74, 6) is -0.394. The third kappa shape index (κ3) is 3.88.